The number of unbranched alkanes of at least 4 members (excludes halogenated alkanes) is 18. The zero-order chi connectivity index (χ0) is 32.1. The molecular formula is C38H72N2S4Zn. The molecule has 0 aromatic rings. The third-order valence-corrected chi connectivity index (χ3v) is 10.9. The van der Waals surface area contributed by atoms with Gasteiger partial charge >= 0.3 is 19.5 Å². The molecule has 7 heteroatoms. The Morgan fingerprint density at radius 2 is 0.689 bits per heavy atom. The third-order valence-electron chi connectivity index (χ3n) is 10.0. The summed E-state index contributed by atoms with van der Waals surface area (Å²) in [4.78, 5) is 4.71. The van der Waals surface area contributed by atoms with Gasteiger partial charge in [-0.05, 0) is 38.5 Å². The van der Waals surface area contributed by atoms with Gasteiger partial charge in [-0.3, -0.25) is 0 Å². The molecule has 0 atom stereocenters. The van der Waals surface area contributed by atoms with Gasteiger partial charge in [-0.2, -0.15) is 0 Å². The van der Waals surface area contributed by atoms with E-state index in [0.29, 0.717) is 20.7 Å². The predicted octanol–water partition coefficient (Wildman–Crippen LogP) is 12.7. The summed E-state index contributed by atoms with van der Waals surface area (Å²) in [6.45, 7) is 6.77. The molecule has 0 aliphatic heterocycles. The minimum absolute atomic E-state index is 0. The van der Waals surface area contributed by atoms with Gasteiger partial charge in [0.25, 0.3) is 0 Å². The van der Waals surface area contributed by atoms with Crippen molar-refractivity contribution in [1.29, 1.82) is 0 Å². The van der Waals surface area contributed by atoms with Crippen molar-refractivity contribution in [2.24, 2.45) is 0 Å². The Balaban J connectivity index is 0.000000842. The molecule has 2 aliphatic carbocycles. The molecule has 0 aromatic carbocycles. The van der Waals surface area contributed by atoms with E-state index in [9.17, 15) is 0 Å². The van der Waals surface area contributed by atoms with Crippen molar-refractivity contribution in [3.05, 3.63) is 0 Å². The van der Waals surface area contributed by atoms with Crippen molar-refractivity contribution in [2.75, 3.05) is 13.1 Å². The largest absolute Gasteiger partial charge is 2.00 e. The van der Waals surface area contributed by atoms with Crippen LogP contribution >= 0.6 is 24.4 Å². The topological polar surface area (TPSA) is 6.48 Å². The fraction of sp³-hybridized carbons (Fsp3) is 0.947. The fourth-order valence-corrected chi connectivity index (χ4v) is 8.13. The Bertz CT molecular complexity index is 612. The van der Waals surface area contributed by atoms with Crippen LogP contribution in [0.2, 0.25) is 0 Å². The molecule has 0 spiro atoms. The van der Waals surface area contributed by atoms with Gasteiger partial charge in [-0.15, -0.1) is 0 Å². The van der Waals surface area contributed by atoms with Gasteiger partial charge in [-0.25, -0.2) is 0 Å². The van der Waals surface area contributed by atoms with Crippen molar-refractivity contribution in [2.45, 2.75) is 219 Å². The van der Waals surface area contributed by atoms with E-state index in [-0.39, 0.29) is 19.5 Å². The minimum atomic E-state index is 0. The van der Waals surface area contributed by atoms with E-state index >= 15 is 0 Å². The monoisotopic (exact) mass is 748 g/mol. The molecule has 2 rings (SSSR count). The summed E-state index contributed by atoms with van der Waals surface area (Å²) in [5.74, 6) is 0. The van der Waals surface area contributed by atoms with E-state index in [0.717, 1.165) is 13.1 Å². The van der Waals surface area contributed by atoms with Crippen LogP contribution in [0.1, 0.15) is 206 Å². The zero-order valence-corrected chi connectivity index (χ0v) is 36.2. The van der Waals surface area contributed by atoms with Gasteiger partial charge in [0.15, 0.2) is 0 Å². The molecule has 2 fully saturated rings. The van der Waals surface area contributed by atoms with Gasteiger partial charge in [0.05, 0.1) is 0 Å². The van der Waals surface area contributed by atoms with Crippen LogP contribution in [-0.4, -0.2) is 43.6 Å². The molecule has 2 nitrogen and oxygen atoms in total. The predicted molar refractivity (Wildman–Crippen MR) is 211 cm³/mol. The van der Waals surface area contributed by atoms with E-state index in [4.69, 9.17) is 49.7 Å². The molecule has 0 aromatic heterocycles. The molecule has 2 aliphatic rings. The van der Waals surface area contributed by atoms with Crippen molar-refractivity contribution in [3.8, 4) is 0 Å². The SMILES string of the molecule is CCCCCCCCCCCCN(C(=S)[S-])C1CCCCC1.CCCCCCCCCCCCN(C(=S)[S-])C1CCCCC1.[Zn+2]. The second kappa shape index (κ2) is 33.3. The quantitative estimate of drug-likeness (QED) is 0.0416. The van der Waals surface area contributed by atoms with Gasteiger partial charge < -0.3 is 59.5 Å². The van der Waals surface area contributed by atoms with Gasteiger partial charge in [-0.1, -0.05) is 177 Å². The van der Waals surface area contributed by atoms with Crippen LogP contribution in [0.15, 0.2) is 0 Å². The van der Waals surface area contributed by atoms with E-state index in [1.807, 2.05) is 0 Å². The van der Waals surface area contributed by atoms with Crippen LogP contribution in [0.25, 0.3) is 0 Å². The van der Waals surface area contributed by atoms with Gasteiger partial charge in [0.2, 0.25) is 0 Å². The van der Waals surface area contributed by atoms with Crippen molar-refractivity contribution in [3.63, 3.8) is 0 Å². The van der Waals surface area contributed by atoms with Crippen LogP contribution < -0.4 is 0 Å². The standard InChI is InChI=1S/2C19H37NS2.Zn/c2*1-2-3-4-5-6-7-8-9-10-14-17-20(19(21)22)18-15-12-11-13-16-18;/h2*18H,2-17H2,1H3,(H,21,22);/q;;+2/p-2. The number of rotatable bonds is 24. The summed E-state index contributed by atoms with van der Waals surface area (Å²) >= 11 is 21.2. The van der Waals surface area contributed by atoms with Crippen molar-refractivity contribution >= 4 is 58.3 Å². The van der Waals surface area contributed by atoms with Crippen LogP contribution in [0.5, 0.6) is 0 Å². The van der Waals surface area contributed by atoms with E-state index < -0.39 is 0 Å². The number of hydrogen-bond donors (Lipinski definition) is 0. The molecule has 0 radical (unpaired) electrons. The molecule has 2 saturated carbocycles. The third kappa shape index (κ3) is 25.5. The first-order chi connectivity index (χ1) is 21.5. The first-order valence-electron chi connectivity index (χ1n) is 19.5. The van der Waals surface area contributed by atoms with Gasteiger partial charge in [0, 0.05) is 25.2 Å². The van der Waals surface area contributed by atoms with Crippen LogP contribution in [0, 0.1) is 0 Å². The summed E-state index contributed by atoms with van der Waals surface area (Å²) in [5.41, 5.74) is 0. The molecular weight excluding hydrogens is 678 g/mol. The second-order valence-corrected chi connectivity index (χ2v) is 15.9. The number of thiocarbonyl (C=S) groups is 2. The summed E-state index contributed by atoms with van der Waals surface area (Å²) in [6, 6.07) is 1.30. The summed E-state index contributed by atoms with van der Waals surface area (Å²) in [7, 11) is 0. The first kappa shape index (κ1) is 45.8. The fourth-order valence-electron chi connectivity index (χ4n) is 7.17. The number of nitrogens with zero attached hydrogens (tertiary/aromatic N) is 2. The van der Waals surface area contributed by atoms with Crippen LogP contribution in [-0.2, 0) is 44.7 Å². The first-order valence-corrected chi connectivity index (χ1v) is 21.1. The normalized spacial score (nSPS) is 15.5. The summed E-state index contributed by atoms with van der Waals surface area (Å²) in [5, 5.41) is 0. The van der Waals surface area contributed by atoms with Crippen molar-refractivity contribution in [1.82, 2.24) is 9.80 Å². The maximum atomic E-state index is 5.31. The van der Waals surface area contributed by atoms with E-state index in [2.05, 4.69) is 23.6 Å². The maximum Gasteiger partial charge on any atom is 2.00 e. The molecule has 0 heterocycles. The van der Waals surface area contributed by atoms with Crippen LogP contribution in [0.4, 0.5) is 0 Å². The molecule has 260 valence electrons. The Hall–Kier alpha value is 0.843. The molecule has 0 saturated heterocycles. The Labute approximate surface area is 317 Å². The Morgan fingerprint density at radius 1 is 0.444 bits per heavy atom. The number of hydrogen-bond acceptors (Lipinski definition) is 4. The Morgan fingerprint density at radius 3 is 0.933 bits per heavy atom. The minimum Gasteiger partial charge on any atom is -0.411 e. The summed E-state index contributed by atoms with van der Waals surface area (Å²) in [6.07, 6.45) is 41.2. The zero-order valence-electron chi connectivity index (χ0n) is 30.0. The van der Waals surface area contributed by atoms with E-state index in [1.165, 1.54) is 193 Å². The Kier molecular flexibility index (Phi) is 34.0. The molecule has 0 N–H and O–H groups in total. The molecule has 0 bridgehead atoms. The van der Waals surface area contributed by atoms with E-state index in [1.54, 1.807) is 0 Å². The summed E-state index contributed by atoms with van der Waals surface area (Å²) < 4.78 is 1.42. The molecule has 45 heavy (non-hydrogen) atoms. The average molecular weight is 751 g/mol. The molecule has 0 amide bonds. The van der Waals surface area contributed by atoms with Crippen molar-refractivity contribution < 1.29 is 19.5 Å². The second-order valence-electron chi connectivity index (χ2n) is 13.9. The van der Waals surface area contributed by atoms with Gasteiger partial charge in [0.1, 0.15) is 0 Å². The molecule has 0 unspecified atom stereocenters. The smallest absolute Gasteiger partial charge is 0.411 e. The van der Waals surface area contributed by atoms with Crippen LogP contribution in [0.3, 0.4) is 0 Å². The maximum absolute atomic E-state index is 5.31. The average Bonchev–Trinajstić information content (AvgIpc) is 3.03.